The van der Waals surface area contributed by atoms with Crippen LogP contribution in [0.2, 0.25) is 0 Å². The normalized spacial score (nSPS) is 12.6. The lowest BCUT2D eigenvalue weighted by atomic mass is 9.94. The number of nitrogen functional groups attached to an aromatic ring is 1. The topological polar surface area (TPSA) is 123 Å². The summed E-state index contributed by atoms with van der Waals surface area (Å²) in [5, 5.41) is 17.4. The molecule has 0 saturated carbocycles. The van der Waals surface area contributed by atoms with Crippen molar-refractivity contribution < 1.29 is 24.2 Å². The Morgan fingerprint density at radius 3 is 2.35 bits per heavy atom. The Balaban J connectivity index is 1.54. The van der Waals surface area contributed by atoms with Crippen LogP contribution in [0, 0.1) is 0 Å². The minimum atomic E-state index is -0.791. The number of allylic oxidation sites excluding steroid dienone is 1. The number of benzene rings is 4. The van der Waals surface area contributed by atoms with Crippen molar-refractivity contribution in [2.24, 2.45) is 0 Å². The van der Waals surface area contributed by atoms with Gasteiger partial charge in [-0.2, -0.15) is 0 Å². The highest BCUT2D eigenvalue weighted by atomic mass is 16.6. The maximum atomic E-state index is 13.0. The first-order valence-corrected chi connectivity index (χ1v) is 13.1. The number of fused-ring (bicyclic) bond motifs is 1. The first kappa shape index (κ1) is 28.2. The molecule has 4 aromatic rings. The van der Waals surface area contributed by atoms with Crippen LogP contribution < -0.4 is 16.4 Å². The Hall–Kier alpha value is -4.82. The summed E-state index contributed by atoms with van der Waals surface area (Å²) in [7, 11) is 0. The maximum Gasteiger partial charge on any atom is 0.412 e. The molecule has 0 aliphatic rings. The molecule has 2 atom stereocenters. The Bertz CT molecular complexity index is 1470. The third-order valence-corrected chi connectivity index (χ3v) is 6.32. The van der Waals surface area contributed by atoms with Gasteiger partial charge >= 0.3 is 6.09 Å². The van der Waals surface area contributed by atoms with E-state index in [-0.39, 0.29) is 11.7 Å². The number of aromatic hydroxyl groups is 1. The van der Waals surface area contributed by atoms with Gasteiger partial charge < -0.3 is 25.6 Å². The van der Waals surface area contributed by atoms with Crippen LogP contribution in [0.15, 0.2) is 103 Å². The number of nitrogens with one attached hydrogen (secondary N) is 2. The van der Waals surface area contributed by atoms with Gasteiger partial charge in [0, 0.05) is 23.2 Å². The van der Waals surface area contributed by atoms with Crippen LogP contribution in [-0.4, -0.2) is 29.8 Å². The number of para-hydroxylation sites is 3. The molecule has 0 aromatic heterocycles. The monoisotopic (exact) mass is 539 g/mol. The fraction of sp³-hybridized carbons (Fsp3) is 0.188. The van der Waals surface area contributed by atoms with Crippen LogP contribution in [0.4, 0.5) is 21.9 Å². The summed E-state index contributed by atoms with van der Waals surface area (Å²) >= 11 is 0. The van der Waals surface area contributed by atoms with Crippen LogP contribution in [0.25, 0.3) is 10.8 Å². The highest BCUT2D eigenvalue weighted by molar-refractivity contribution is 6.01. The standard InChI is InChI=1S/C32H33N3O5/c1-2-39-29(18-10-11-19-30(37)35-27-17-9-8-16-26(27)33)31(40-32(38)34-22-12-4-3-5-13-22)25-20-21-28(36)24-15-7-6-14-23(24)25/h3-9,11-17,19-21,29,31,36H,2,10,18,33H2,1H3,(H,34,38)(H,35,37)/b19-11+/t29-,31-/m1/s1. The molecule has 4 aromatic carbocycles. The van der Waals surface area contributed by atoms with Gasteiger partial charge in [-0.1, -0.05) is 66.7 Å². The number of nitrogens with two attached hydrogens (primary N) is 1. The average molecular weight is 540 g/mol. The predicted octanol–water partition coefficient (Wildman–Crippen LogP) is 6.80. The average Bonchev–Trinajstić information content (AvgIpc) is 2.96. The second-order valence-corrected chi connectivity index (χ2v) is 9.09. The second-order valence-electron chi connectivity index (χ2n) is 9.09. The summed E-state index contributed by atoms with van der Waals surface area (Å²) in [5.74, 6) is -0.168. The van der Waals surface area contributed by atoms with Gasteiger partial charge in [0.05, 0.1) is 17.5 Å². The van der Waals surface area contributed by atoms with E-state index in [1.165, 1.54) is 6.08 Å². The molecule has 5 N–H and O–H groups in total. The fourth-order valence-corrected chi connectivity index (χ4v) is 4.45. The summed E-state index contributed by atoms with van der Waals surface area (Å²) in [4.78, 5) is 25.4. The zero-order valence-corrected chi connectivity index (χ0v) is 22.2. The van der Waals surface area contributed by atoms with E-state index in [4.69, 9.17) is 15.2 Å². The molecular weight excluding hydrogens is 506 g/mol. The number of amides is 2. The molecule has 0 heterocycles. The highest BCUT2D eigenvalue weighted by Crippen LogP contribution is 2.36. The Labute approximate surface area is 233 Å². The number of rotatable bonds is 11. The Kier molecular flexibility index (Phi) is 9.74. The van der Waals surface area contributed by atoms with E-state index in [0.717, 1.165) is 5.39 Å². The van der Waals surface area contributed by atoms with Gasteiger partial charge in [0.15, 0.2) is 6.10 Å². The Morgan fingerprint density at radius 1 is 0.900 bits per heavy atom. The molecule has 2 amide bonds. The highest BCUT2D eigenvalue weighted by Gasteiger charge is 2.29. The number of phenolic OH excluding ortho intramolecular Hbond substituents is 1. The summed E-state index contributed by atoms with van der Waals surface area (Å²) in [6, 6.07) is 26.8. The molecule has 0 bridgehead atoms. The lowest BCUT2D eigenvalue weighted by Crippen LogP contribution is -2.29. The van der Waals surface area contributed by atoms with Gasteiger partial charge in [-0.05, 0) is 61.6 Å². The lowest BCUT2D eigenvalue weighted by Gasteiger charge is -2.28. The minimum Gasteiger partial charge on any atom is -0.507 e. The van der Waals surface area contributed by atoms with Gasteiger partial charge in [0.2, 0.25) is 5.91 Å². The van der Waals surface area contributed by atoms with E-state index in [1.807, 2.05) is 49.4 Å². The Morgan fingerprint density at radius 2 is 1.60 bits per heavy atom. The van der Waals surface area contributed by atoms with Crippen LogP contribution in [-0.2, 0) is 14.3 Å². The van der Waals surface area contributed by atoms with Crippen molar-refractivity contribution in [2.75, 3.05) is 23.0 Å². The SMILES string of the molecule is CCO[C@H](CC/C=C/C(=O)Nc1ccccc1N)[C@H](OC(=O)Nc1ccccc1)c1ccc(O)c2ccccc12. The van der Waals surface area contributed by atoms with E-state index in [9.17, 15) is 14.7 Å². The molecule has 8 nitrogen and oxygen atoms in total. The van der Waals surface area contributed by atoms with Crippen molar-refractivity contribution >= 4 is 39.8 Å². The third-order valence-electron chi connectivity index (χ3n) is 6.32. The zero-order valence-electron chi connectivity index (χ0n) is 22.2. The first-order chi connectivity index (χ1) is 19.5. The number of carbonyl (C=O) groups is 2. The smallest absolute Gasteiger partial charge is 0.412 e. The molecule has 0 fully saturated rings. The molecule has 0 saturated heterocycles. The van der Waals surface area contributed by atoms with Crippen molar-refractivity contribution in [1.82, 2.24) is 0 Å². The summed E-state index contributed by atoms with van der Waals surface area (Å²) in [6.07, 6.45) is 2.19. The van der Waals surface area contributed by atoms with Gasteiger partial charge in [-0.15, -0.1) is 0 Å². The second kappa shape index (κ2) is 13.8. The molecule has 0 aliphatic heterocycles. The third kappa shape index (κ3) is 7.39. The van der Waals surface area contributed by atoms with Gasteiger partial charge in [-0.3, -0.25) is 10.1 Å². The van der Waals surface area contributed by atoms with Crippen molar-refractivity contribution in [1.29, 1.82) is 0 Å². The molecule has 40 heavy (non-hydrogen) atoms. The van der Waals surface area contributed by atoms with Crippen LogP contribution >= 0.6 is 0 Å². The van der Waals surface area contributed by atoms with Crippen LogP contribution in [0.3, 0.4) is 0 Å². The number of phenols is 1. The lowest BCUT2D eigenvalue weighted by molar-refractivity contribution is -0.111. The maximum absolute atomic E-state index is 13.0. The van der Waals surface area contributed by atoms with E-state index in [1.54, 1.807) is 54.6 Å². The molecule has 0 radical (unpaired) electrons. The molecule has 0 aliphatic carbocycles. The summed E-state index contributed by atoms with van der Waals surface area (Å²) < 4.78 is 12.1. The molecule has 8 heteroatoms. The summed E-state index contributed by atoms with van der Waals surface area (Å²) in [6.45, 7) is 2.26. The van der Waals surface area contributed by atoms with E-state index < -0.39 is 18.3 Å². The zero-order chi connectivity index (χ0) is 28.3. The number of carbonyl (C=O) groups excluding carboxylic acids is 2. The minimum absolute atomic E-state index is 0.132. The van der Waals surface area contributed by atoms with Gasteiger partial charge in [0.1, 0.15) is 5.75 Å². The van der Waals surface area contributed by atoms with Gasteiger partial charge in [0.25, 0.3) is 0 Å². The quantitative estimate of drug-likeness (QED) is 0.123. The van der Waals surface area contributed by atoms with Crippen LogP contribution in [0.5, 0.6) is 5.75 Å². The number of hydrogen-bond acceptors (Lipinski definition) is 6. The van der Waals surface area contributed by atoms with Crippen molar-refractivity contribution in [3.05, 3.63) is 109 Å². The molecule has 4 rings (SSSR count). The first-order valence-electron chi connectivity index (χ1n) is 13.1. The summed E-state index contributed by atoms with van der Waals surface area (Å²) in [5.41, 5.74) is 8.23. The van der Waals surface area contributed by atoms with E-state index >= 15 is 0 Å². The fourth-order valence-electron chi connectivity index (χ4n) is 4.45. The van der Waals surface area contributed by atoms with E-state index in [0.29, 0.717) is 47.5 Å². The predicted molar refractivity (Wildman–Crippen MR) is 158 cm³/mol. The molecule has 0 spiro atoms. The number of ether oxygens (including phenoxy) is 2. The van der Waals surface area contributed by atoms with E-state index in [2.05, 4.69) is 10.6 Å². The molecule has 0 unspecified atom stereocenters. The van der Waals surface area contributed by atoms with Crippen LogP contribution in [0.1, 0.15) is 31.4 Å². The number of anilines is 3. The number of hydrogen-bond donors (Lipinski definition) is 4. The van der Waals surface area contributed by atoms with Crippen molar-refractivity contribution in [3.8, 4) is 5.75 Å². The molecular formula is C32H33N3O5. The van der Waals surface area contributed by atoms with Crippen molar-refractivity contribution in [2.45, 2.75) is 32.0 Å². The van der Waals surface area contributed by atoms with Crippen molar-refractivity contribution in [3.63, 3.8) is 0 Å². The van der Waals surface area contributed by atoms with Gasteiger partial charge in [-0.25, -0.2) is 4.79 Å². The largest absolute Gasteiger partial charge is 0.507 e. The molecule has 206 valence electrons.